The van der Waals surface area contributed by atoms with Crippen molar-refractivity contribution in [2.24, 2.45) is 11.8 Å². The van der Waals surface area contributed by atoms with Gasteiger partial charge in [0, 0.05) is 11.8 Å². The van der Waals surface area contributed by atoms with E-state index in [1.807, 2.05) is 0 Å². The van der Waals surface area contributed by atoms with Gasteiger partial charge >= 0.3 is 0 Å². The van der Waals surface area contributed by atoms with Crippen molar-refractivity contribution in [2.45, 2.75) is 18.6 Å². The van der Waals surface area contributed by atoms with Crippen LogP contribution in [0.4, 0.5) is 0 Å². The van der Waals surface area contributed by atoms with E-state index in [1.165, 1.54) is 0 Å². The molecular weight excluding hydrogens is 180 g/mol. The predicted molar refractivity (Wildman–Crippen MR) is 39.5 cm³/mol. The van der Waals surface area contributed by atoms with Gasteiger partial charge in [-0.25, -0.2) is 0 Å². The Morgan fingerprint density at radius 1 is 1.58 bits per heavy atom. The molecule has 0 aromatic rings. The first kappa shape index (κ1) is 7.06. The monoisotopic (exact) mass is 188 g/mol. The van der Waals surface area contributed by atoms with Crippen LogP contribution < -0.4 is 0 Å². The maximum absolute atomic E-state index is 11.2. The Bertz CT molecular complexity index is 369. The van der Waals surface area contributed by atoms with E-state index < -0.39 is 22.3 Å². The maximum atomic E-state index is 11.2. The summed E-state index contributed by atoms with van der Waals surface area (Å²) in [7, 11) is -3.46. The van der Waals surface area contributed by atoms with Gasteiger partial charge in [0.15, 0.2) is 0 Å². The molecule has 0 radical (unpaired) electrons. The van der Waals surface area contributed by atoms with Crippen LogP contribution in [0.15, 0.2) is 11.0 Å². The van der Waals surface area contributed by atoms with Crippen LogP contribution in [0.25, 0.3) is 0 Å². The Morgan fingerprint density at radius 2 is 2.33 bits per heavy atom. The van der Waals surface area contributed by atoms with Crippen LogP contribution in [-0.4, -0.2) is 25.7 Å². The van der Waals surface area contributed by atoms with Crippen molar-refractivity contribution in [3.63, 3.8) is 0 Å². The number of aliphatic hydroxyl groups is 1. The molecule has 12 heavy (non-hydrogen) atoms. The minimum absolute atomic E-state index is 0.00674. The van der Waals surface area contributed by atoms with E-state index in [1.54, 1.807) is 6.08 Å². The molecule has 3 aliphatic rings. The van der Waals surface area contributed by atoms with Crippen LogP contribution in [-0.2, 0) is 14.3 Å². The molecule has 66 valence electrons. The highest BCUT2D eigenvalue weighted by molar-refractivity contribution is 7.91. The van der Waals surface area contributed by atoms with E-state index in [-0.39, 0.29) is 11.8 Å². The van der Waals surface area contributed by atoms with Crippen LogP contribution in [0.2, 0.25) is 0 Å². The highest BCUT2D eigenvalue weighted by atomic mass is 32.2. The van der Waals surface area contributed by atoms with Crippen molar-refractivity contribution >= 4 is 10.1 Å². The molecule has 1 heterocycles. The van der Waals surface area contributed by atoms with Gasteiger partial charge < -0.3 is 5.11 Å². The zero-order valence-electron chi connectivity index (χ0n) is 6.17. The molecular formula is C7H8O4S. The quantitative estimate of drug-likeness (QED) is 0.526. The lowest BCUT2D eigenvalue weighted by Crippen LogP contribution is -2.28. The van der Waals surface area contributed by atoms with Gasteiger partial charge in [-0.2, -0.15) is 8.42 Å². The summed E-state index contributed by atoms with van der Waals surface area (Å²) in [6, 6.07) is 0. The average Bonchev–Trinajstić information content (AvgIpc) is 2.54. The van der Waals surface area contributed by atoms with Gasteiger partial charge in [0.2, 0.25) is 0 Å². The van der Waals surface area contributed by atoms with Crippen LogP contribution in [0, 0.1) is 11.8 Å². The normalized spacial score (nSPS) is 52.9. The van der Waals surface area contributed by atoms with Gasteiger partial charge in [-0.05, 0) is 6.42 Å². The summed E-state index contributed by atoms with van der Waals surface area (Å²) in [5.41, 5.74) is 0. The summed E-state index contributed by atoms with van der Waals surface area (Å²) in [5, 5.41) is 9.50. The molecule has 1 aliphatic heterocycles. The second-order valence-corrected chi connectivity index (χ2v) is 5.15. The van der Waals surface area contributed by atoms with Gasteiger partial charge in [-0.3, -0.25) is 4.18 Å². The molecule has 1 saturated heterocycles. The molecule has 4 unspecified atom stereocenters. The summed E-state index contributed by atoms with van der Waals surface area (Å²) >= 11 is 0. The summed E-state index contributed by atoms with van der Waals surface area (Å²) in [4.78, 5) is 0.405. The van der Waals surface area contributed by atoms with Gasteiger partial charge in [0.05, 0.1) is 11.0 Å². The Labute approximate surface area is 70.0 Å². The topological polar surface area (TPSA) is 63.6 Å². The van der Waals surface area contributed by atoms with E-state index in [0.717, 1.165) is 6.42 Å². The number of rotatable bonds is 0. The maximum Gasteiger partial charge on any atom is 0.293 e. The molecule has 2 fully saturated rings. The van der Waals surface area contributed by atoms with Crippen molar-refractivity contribution in [2.75, 3.05) is 0 Å². The number of hydrogen-bond acceptors (Lipinski definition) is 4. The van der Waals surface area contributed by atoms with Crippen molar-refractivity contribution in [1.82, 2.24) is 0 Å². The minimum Gasteiger partial charge on any atom is -0.390 e. The summed E-state index contributed by atoms with van der Waals surface area (Å²) in [6.45, 7) is 0. The molecule has 0 aromatic carbocycles. The molecule has 4 atom stereocenters. The number of aliphatic hydroxyl groups excluding tert-OH is 1. The third-order valence-electron chi connectivity index (χ3n) is 2.97. The lowest BCUT2D eigenvalue weighted by atomic mass is 10.0. The van der Waals surface area contributed by atoms with E-state index in [2.05, 4.69) is 0 Å². The minimum atomic E-state index is -3.46. The van der Waals surface area contributed by atoms with Gasteiger partial charge in [0.25, 0.3) is 10.1 Å². The lowest BCUT2D eigenvalue weighted by molar-refractivity contribution is 0.0451. The second-order valence-electron chi connectivity index (χ2n) is 3.58. The van der Waals surface area contributed by atoms with Crippen molar-refractivity contribution in [1.29, 1.82) is 0 Å². The number of hydrogen-bond donors (Lipinski definition) is 1. The molecule has 5 heteroatoms. The van der Waals surface area contributed by atoms with Crippen molar-refractivity contribution < 1.29 is 17.7 Å². The molecule has 4 nitrogen and oxygen atoms in total. The summed E-state index contributed by atoms with van der Waals surface area (Å²) in [6.07, 6.45) is 1.28. The molecule has 2 aliphatic carbocycles. The van der Waals surface area contributed by atoms with Crippen molar-refractivity contribution in [3.8, 4) is 0 Å². The van der Waals surface area contributed by atoms with Gasteiger partial charge in [-0.15, -0.1) is 0 Å². The lowest BCUT2D eigenvalue weighted by Gasteiger charge is -2.14. The third-order valence-corrected chi connectivity index (χ3v) is 4.46. The molecule has 1 saturated carbocycles. The van der Waals surface area contributed by atoms with Gasteiger partial charge in [-0.1, -0.05) is 6.08 Å². The zero-order chi connectivity index (χ0) is 8.51. The molecule has 0 spiro atoms. The van der Waals surface area contributed by atoms with Gasteiger partial charge in [0.1, 0.15) is 6.10 Å². The van der Waals surface area contributed by atoms with Crippen molar-refractivity contribution in [3.05, 3.63) is 11.0 Å². The fourth-order valence-corrected chi connectivity index (χ4v) is 4.02. The number of fused-ring (bicyclic) bond motifs is 1. The fraction of sp³-hybridized carbons (Fsp3) is 0.714. The average molecular weight is 188 g/mol. The Hall–Kier alpha value is -0.390. The first-order valence-electron chi connectivity index (χ1n) is 3.93. The molecule has 2 bridgehead atoms. The predicted octanol–water partition coefficient (Wildman–Crippen LogP) is -0.390. The Kier molecular flexibility index (Phi) is 1.03. The largest absolute Gasteiger partial charge is 0.390 e. The van der Waals surface area contributed by atoms with E-state index in [9.17, 15) is 13.5 Å². The van der Waals surface area contributed by atoms with E-state index in [4.69, 9.17) is 4.18 Å². The Morgan fingerprint density at radius 3 is 2.92 bits per heavy atom. The summed E-state index contributed by atoms with van der Waals surface area (Å²) in [5.74, 6) is -0.0534. The zero-order valence-corrected chi connectivity index (χ0v) is 6.99. The molecule has 1 N–H and O–H groups in total. The second kappa shape index (κ2) is 1.76. The standard InChI is InChI=1S/C7H8O4S/c8-6-3-1-4-5(2-3)12(9,10)11-7(4)6/h2-4,6-8H,1H2. The van der Waals surface area contributed by atoms with E-state index >= 15 is 0 Å². The van der Waals surface area contributed by atoms with Crippen LogP contribution in [0.3, 0.4) is 0 Å². The highest BCUT2D eigenvalue weighted by Crippen LogP contribution is 2.53. The smallest absolute Gasteiger partial charge is 0.293 e. The first-order valence-corrected chi connectivity index (χ1v) is 5.33. The van der Waals surface area contributed by atoms with Crippen LogP contribution in [0.5, 0.6) is 0 Å². The van der Waals surface area contributed by atoms with E-state index in [0.29, 0.717) is 4.91 Å². The highest BCUT2D eigenvalue weighted by Gasteiger charge is 2.58. The first-order chi connectivity index (χ1) is 5.59. The third kappa shape index (κ3) is 0.595. The van der Waals surface area contributed by atoms with Crippen LogP contribution >= 0.6 is 0 Å². The molecule has 0 aromatic heterocycles. The summed E-state index contributed by atoms with van der Waals surface area (Å²) < 4.78 is 27.2. The van der Waals surface area contributed by atoms with Crippen LogP contribution in [0.1, 0.15) is 6.42 Å². The molecule has 0 amide bonds. The Balaban J connectivity index is 2.23. The fourth-order valence-electron chi connectivity index (χ4n) is 2.42. The SMILES string of the molecule is O=S1(=O)OC2C3CC(C=C31)C2O. The molecule has 3 rings (SSSR count).